The topological polar surface area (TPSA) is 85.5 Å². The first-order valence-electron chi connectivity index (χ1n) is 9.71. The van der Waals surface area contributed by atoms with Gasteiger partial charge in [0.05, 0.1) is 17.3 Å². The minimum atomic E-state index is 0.0597. The van der Waals surface area contributed by atoms with E-state index >= 15 is 0 Å². The summed E-state index contributed by atoms with van der Waals surface area (Å²) in [5.41, 5.74) is 2.94. The maximum atomic E-state index is 12.0. The molecule has 3 aromatic heterocycles. The second kappa shape index (κ2) is 6.34. The first kappa shape index (κ1) is 17.2. The maximum absolute atomic E-state index is 12.0. The Morgan fingerprint density at radius 3 is 2.89 bits per heavy atom. The molecule has 0 atom stereocenters. The number of fused-ring (bicyclic) bond motifs is 1. The van der Waals surface area contributed by atoms with Gasteiger partial charge in [-0.15, -0.1) is 0 Å². The van der Waals surface area contributed by atoms with Crippen LogP contribution < -0.4 is 15.4 Å². The van der Waals surface area contributed by atoms with E-state index in [0.29, 0.717) is 12.4 Å². The molecule has 0 spiro atoms. The summed E-state index contributed by atoms with van der Waals surface area (Å²) in [5, 5.41) is 15.1. The number of carbonyl (C=O) groups excluding carboxylic acids is 1. The van der Waals surface area contributed by atoms with Crippen molar-refractivity contribution in [2.75, 3.05) is 19.0 Å². The average Bonchev–Trinajstić information content (AvgIpc) is 3.60. The van der Waals surface area contributed by atoms with E-state index in [2.05, 4.69) is 20.8 Å². The molecule has 2 aliphatic carbocycles. The van der Waals surface area contributed by atoms with Crippen molar-refractivity contribution < 1.29 is 9.53 Å². The van der Waals surface area contributed by atoms with Gasteiger partial charge in [0, 0.05) is 30.8 Å². The second-order valence-electron chi connectivity index (χ2n) is 7.88. The lowest BCUT2D eigenvalue weighted by Crippen LogP contribution is -2.33. The van der Waals surface area contributed by atoms with Gasteiger partial charge in [-0.1, -0.05) is 0 Å². The number of anilines is 1. The summed E-state index contributed by atoms with van der Waals surface area (Å²) in [4.78, 5) is 12.0. The van der Waals surface area contributed by atoms with Gasteiger partial charge >= 0.3 is 0 Å². The van der Waals surface area contributed by atoms with Crippen LogP contribution in [-0.4, -0.2) is 44.5 Å². The average molecular weight is 380 g/mol. The zero-order valence-electron chi connectivity index (χ0n) is 16.1. The fourth-order valence-corrected chi connectivity index (χ4v) is 3.46. The van der Waals surface area contributed by atoms with Gasteiger partial charge in [0.1, 0.15) is 12.3 Å². The van der Waals surface area contributed by atoms with Crippen molar-refractivity contribution in [3.8, 4) is 17.0 Å². The molecular formula is C20H24N6O2. The standard InChI is InChI=1S/C20H24N6O2/c1-21-20(6-7-20)12-28-16-11-22-25(2)18(16)14-5-8-26-15(9-14)10-17(24-26)23-19(27)13-3-4-13/h5,8-11,13,21H,3-4,6-7,12H2,1-2H3,(H,23,24,27). The molecule has 0 aromatic carbocycles. The summed E-state index contributed by atoms with van der Waals surface area (Å²) in [7, 11) is 3.89. The van der Waals surface area contributed by atoms with Crippen molar-refractivity contribution in [3.05, 3.63) is 30.6 Å². The highest BCUT2D eigenvalue weighted by molar-refractivity contribution is 5.93. The lowest BCUT2D eigenvalue weighted by Gasteiger charge is -2.15. The predicted octanol–water partition coefficient (Wildman–Crippen LogP) is 2.21. The number of nitrogens with one attached hydrogen (secondary N) is 2. The van der Waals surface area contributed by atoms with E-state index < -0.39 is 0 Å². The Labute approximate surface area is 162 Å². The summed E-state index contributed by atoms with van der Waals surface area (Å²) in [6.07, 6.45) is 7.88. The SMILES string of the molecule is CNC1(COc2cnn(C)c2-c2ccn3nc(NC(=O)C4CC4)cc3c2)CC1. The van der Waals surface area contributed by atoms with Crippen LogP contribution in [0.15, 0.2) is 30.6 Å². The number of likely N-dealkylation sites (N-methyl/N-ethyl adjacent to an activating group) is 1. The Balaban J connectivity index is 1.41. The molecule has 0 saturated heterocycles. The molecule has 3 heterocycles. The van der Waals surface area contributed by atoms with Crippen molar-refractivity contribution in [2.45, 2.75) is 31.2 Å². The molecule has 0 radical (unpaired) electrons. The molecule has 2 saturated carbocycles. The van der Waals surface area contributed by atoms with Crippen LogP contribution in [0.25, 0.3) is 16.8 Å². The van der Waals surface area contributed by atoms with E-state index in [4.69, 9.17) is 4.74 Å². The van der Waals surface area contributed by atoms with Crippen LogP contribution in [0.3, 0.4) is 0 Å². The Hall–Kier alpha value is -2.87. The van der Waals surface area contributed by atoms with Crippen molar-refractivity contribution in [1.82, 2.24) is 24.7 Å². The van der Waals surface area contributed by atoms with Crippen LogP contribution in [0.5, 0.6) is 5.75 Å². The van der Waals surface area contributed by atoms with Crippen molar-refractivity contribution in [2.24, 2.45) is 13.0 Å². The largest absolute Gasteiger partial charge is 0.488 e. The molecule has 2 N–H and O–H groups in total. The fourth-order valence-electron chi connectivity index (χ4n) is 3.46. The molecule has 5 rings (SSSR count). The van der Waals surface area contributed by atoms with Gasteiger partial charge in [-0.05, 0) is 44.9 Å². The molecular weight excluding hydrogens is 356 g/mol. The number of aromatic nitrogens is 4. The molecule has 8 nitrogen and oxygen atoms in total. The summed E-state index contributed by atoms with van der Waals surface area (Å²) in [6.45, 7) is 0.633. The minimum absolute atomic E-state index is 0.0597. The minimum Gasteiger partial charge on any atom is -0.488 e. The Bertz CT molecular complexity index is 1040. The number of ether oxygens (including phenoxy) is 1. The number of hydrogen-bond acceptors (Lipinski definition) is 5. The number of aryl methyl sites for hydroxylation is 1. The number of nitrogens with zero attached hydrogens (tertiary/aromatic N) is 4. The Morgan fingerprint density at radius 2 is 2.18 bits per heavy atom. The highest BCUT2D eigenvalue weighted by Crippen LogP contribution is 2.37. The Kier molecular flexibility index (Phi) is 3.90. The van der Waals surface area contributed by atoms with Crippen LogP contribution in [0.2, 0.25) is 0 Å². The van der Waals surface area contributed by atoms with E-state index in [0.717, 1.165) is 48.2 Å². The second-order valence-corrected chi connectivity index (χ2v) is 7.88. The van der Waals surface area contributed by atoms with Gasteiger partial charge in [-0.2, -0.15) is 10.2 Å². The van der Waals surface area contributed by atoms with Crippen molar-refractivity contribution in [3.63, 3.8) is 0 Å². The van der Waals surface area contributed by atoms with E-state index in [9.17, 15) is 4.79 Å². The zero-order chi connectivity index (χ0) is 19.3. The molecule has 2 fully saturated rings. The van der Waals surface area contributed by atoms with Crippen LogP contribution in [0, 0.1) is 5.92 Å². The zero-order valence-corrected chi connectivity index (χ0v) is 16.1. The summed E-state index contributed by atoms with van der Waals surface area (Å²) >= 11 is 0. The molecule has 146 valence electrons. The van der Waals surface area contributed by atoms with Gasteiger partial charge in [0.15, 0.2) is 11.6 Å². The molecule has 8 heteroatoms. The predicted molar refractivity (Wildman–Crippen MR) is 105 cm³/mol. The number of amides is 1. The van der Waals surface area contributed by atoms with E-state index in [-0.39, 0.29) is 17.4 Å². The van der Waals surface area contributed by atoms with Gasteiger partial charge in [0.2, 0.25) is 5.91 Å². The molecule has 0 unspecified atom stereocenters. The highest BCUT2D eigenvalue weighted by Gasteiger charge is 2.42. The normalized spacial score (nSPS) is 17.6. The first-order valence-corrected chi connectivity index (χ1v) is 9.71. The molecule has 0 aliphatic heterocycles. The monoisotopic (exact) mass is 380 g/mol. The number of pyridine rings is 1. The summed E-state index contributed by atoms with van der Waals surface area (Å²) in [5.74, 6) is 1.57. The quantitative estimate of drug-likeness (QED) is 0.656. The lowest BCUT2D eigenvalue weighted by molar-refractivity contribution is -0.117. The number of carbonyl (C=O) groups is 1. The first-order chi connectivity index (χ1) is 13.6. The molecule has 1 amide bonds. The third kappa shape index (κ3) is 3.13. The summed E-state index contributed by atoms with van der Waals surface area (Å²) in [6, 6.07) is 5.91. The third-order valence-electron chi connectivity index (χ3n) is 5.73. The highest BCUT2D eigenvalue weighted by atomic mass is 16.5. The Morgan fingerprint density at radius 1 is 1.36 bits per heavy atom. The van der Waals surface area contributed by atoms with Crippen LogP contribution in [0.1, 0.15) is 25.7 Å². The van der Waals surface area contributed by atoms with Gasteiger partial charge in [0.25, 0.3) is 0 Å². The van der Waals surface area contributed by atoms with Gasteiger partial charge < -0.3 is 15.4 Å². The van der Waals surface area contributed by atoms with Crippen LogP contribution in [0.4, 0.5) is 5.82 Å². The van der Waals surface area contributed by atoms with Crippen LogP contribution in [-0.2, 0) is 11.8 Å². The van der Waals surface area contributed by atoms with Crippen molar-refractivity contribution >= 4 is 17.2 Å². The molecule has 3 aromatic rings. The smallest absolute Gasteiger partial charge is 0.228 e. The van der Waals surface area contributed by atoms with E-state index in [1.165, 1.54) is 0 Å². The lowest BCUT2D eigenvalue weighted by atomic mass is 10.1. The number of hydrogen-bond donors (Lipinski definition) is 2. The maximum Gasteiger partial charge on any atom is 0.228 e. The van der Waals surface area contributed by atoms with Crippen LogP contribution >= 0.6 is 0 Å². The van der Waals surface area contributed by atoms with E-state index in [1.807, 2.05) is 43.2 Å². The summed E-state index contributed by atoms with van der Waals surface area (Å²) < 4.78 is 9.70. The fraction of sp³-hybridized carbons (Fsp3) is 0.450. The third-order valence-corrected chi connectivity index (χ3v) is 5.73. The molecule has 28 heavy (non-hydrogen) atoms. The van der Waals surface area contributed by atoms with Gasteiger partial charge in [-0.25, -0.2) is 4.52 Å². The molecule has 2 aliphatic rings. The van der Waals surface area contributed by atoms with Gasteiger partial charge in [-0.3, -0.25) is 9.48 Å². The number of rotatable bonds is 7. The van der Waals surface area contributed by atoms with E-state index in [1.54, 1.807) is 10.7 Å². The van der Waals surface area contributed by atoms with Crippen molar-refractivity contribution in [1.29, 1.82) is 0 Å². The molecule has 0 bridgehead atoms.